The maximum atomic E-state index is 4.73. The Balaban J connectivity index is 2.14. The van der Waals surface area contributed by atoms with Crippen molar-refractivity contribution < 1.29 is 0 Å². The van der Waals surface area contributed by atoms with Crippen molar-refractivity contribution >= 4 is 38.7 Å². The number of fused-ring (bicyclic) bond motifs is 5. The second kappa shape index (κ2) is 3.56. The van der Waals surface area contributed by atoms with Crippen LogP contribution in [-0.4, -0.2) is 9.38 Å². The van der Waals surface area contributed by atoms with Gasteiger partial charge in [-0.1, -0.05) is 42.5 Å². The van der Waals surface area contributed by atoms with Crippen LogP contribution in [-0.2, 0) is 0 Å². The molecule has 18 heavy (non-hydrogen) atoms. The van der Waals surface area contributed by atoms with Crippen LogP contribution in [0.1, 0.15) is 18.3 Å². The third-order valence-electron chi connectivity index (χ3n) is 3.33. The highest BCUT2D eigenvalue weighted by molar-refractivity contribution is 7.23. The van der Waals surface area contributed by atoms with Crippen molar-refractivity contribution in [3.8, 4) is 0 Å². The van der Waals surface area contributed by atoms with E-state index in [1.807, 2.05) is 0 Å². The molecule has 3 aromatic rings. The van der Waals surface area contributed by atoms with Crippen LogP contribution in [0.15, 0.2) is 36.4 Å². The number of rotatable bonds is 0. The predicted octanol–water partition coefficient (Wildman–Crippen LogP) is 4.23. The Bertz CT molecular complexity index is 804. The van der Waals surface area contributed by atoms with E-state index in [-0.39, 0.29) is 0 Å². The molecule has 1 aliphatic carbocycles. The zero-order valence-corrected chi connectivity index (χ0v) is 10.8. The number of para-hydroxylation sites is 1. The SMILES string of the molecule is CC1C=Cc2nc3sc4ccccc4n3c2C=C1. The smallest absolute Gasteiger partial charge is 0.195 e. The summed E-state index contributed by atoms with van der Waals surface area (Å²) in [7, 11) is 0. The number of benzene rings is 1. The molecule has 1 aromatic carbocycles. The van der Waals surface area contributed by atoms with Gasteiger partial charge in [0.2, 0.25) is 0 Å². The van der Waals surface area contributed by atoms with Crippen molar-refractivity contribution in [1.82, 2.24) is 9.38 Å². The third-order valence-corrected chi connectivity index (χ3v) is 4.36. The summed E-state index contributed by atoms with van der Waals surface area (Å²) < 4.78 is 3.55. The molecular weight excluding hydrogens is 240 g/mol. The molecule has 1 aliphatic rings. The first-order valence-electron chi connectivity index (χ1n) is 6.09. The first kappa shape index (κ1) is 10.1. The van der Waals surface area contributed by atoms with E-state index in [0.29, 0.717) is 5.92 Å². The van der Waals surface area contributed by atoms with Gasteiger partial charge in [0.05, 0.1) is 21.6 Å². The lowest BCUT2D eigenvalue weighted by atomic mass is 10.2. The van der Waals surface area contributed by atoms with Crippen LogP contribution in [0.25, 0.3) is 27.3 Å². The van der Waals surface area contributed by atoms with E-state index < -0.39 is 0 Å². The maximum absolute atomic E-state index is 4.73. The molecule has 0 spiro atoms. The Morgan fingerprint density at radius 3 is 2.94 bits per heavy atom. The molecule has 2 heterocycles. The quantitative estimate of drug-likeness (QED) is 0.585. The van der Waals surface area contributed by atoms with Crippen LogP contribution in [0, 0.1) is 5.92 Å². The number of hydrogen-bond donors (Lipinski definition) is 0. The summed E-state index contributed by atoms with van der Waals surface area (Å²) in [6, 6.07) is 8.47. The lowest BCUT2D eigenvalue weighted by Crippen LogP contribution is -1.85. The lowest BCUT2D eigenvalue weighted by Gasteiger charge is -1.96. The standard InChI is InChI=1S/C15H12N2S/c1-10-6-8-11-12(9-7-10)17-13-4-2-3-5-14(13)18-15(17)16-11/h2-10H,1H3. The number of imidazole rings is 1. The van der Waals surface area contributed by atoms with Crippen LogP contribution in [0.4, 0.5) is 0 Å². The summed E-state index contributed by atoms with van der Waals surface area (Å²) in [6.45, 7) is 2.19. The fourth-order valence-corrected chi connectivity index (χ4v) is 3.43. The minimum Gasteiger partial charge on any atom is -0.283 e. The molecular formula is C15H12N2S. The zero-order chi connectivity index (χ0) is 12.1. The molecule has 0 fully saturated rings. The van der Waals surface area contributed by atoms with Crippen molar-refractivity contribution in [2.45, 2.75) is 6.92 Å². The van der Waals surface area contributed by atoms with E-state index in [1.165, 1.54) is 15.9 Å². The van der Waals surface area contributed by atoms with Gasteiger partial charge < -0.3 is 0 Å². The second-order valence-corrected chi connectivity index (χ2v) is 5.66. The van der Waals surface area contributed by atoms with Gasteiger partial charge >= 0.3 is 0 Å². The van der Waals surface area contributed by atoms with Gasteiger partial charge in [0.15, 0.2) is 4.96 Å². The van der Waals surface area contributed by atoms with Crippen molar-refractivity contribution in [3.05, 3.63) is 47.8 Å². The van der Waals surface area contributed by atoms with Crippen molar-refractivity contribution in [3.63, 3.8) is 0 Å². The Kier molecular flexibility index (Phi) is 2.00. The van der Waals surface area contributed by atoms with Gasteiger partial charge in [0, 0.05) is 0 Å². The van der Waals surface area contributed by atoms with Crippen LogP contribution >= 0.6 is 11.3 Å². The summed E-state index contributed by atoms with van der Waals surface area (Å²) in [5.74, 6) is 0.472. The minimum absolute atomic E-state index is 0.472. The summed E-state index contributed by atoms with van der Waals surface area (Å²) in [5.41, 5.74) is 3.52. The third kappa shape index (κ3) is 1.31. The first-order chi connectivity index (χ1) is 8.83. The average Bonchev–Trinajstić information content (AvgIpc) is 2.84. The Labute approximate surface area is 109 Å². The van der Waals surface area contributed by atoms with E-state index in [4.69, 9.17) is 4.98 Å². The van der Waals surface area contributed by atoms with E-state index in [1.54, 1.807) is 11.3 Å². The van der Waals surface area contributed by atoms with Crippen molar-refractivity contribution in [2.24, 2.45) is 5.92 Å². The average molecular weight is 252 g/mol. The molecule has 0 aliphatic heterocycles. The normalized spacial score (nSPS) is 18.4. The highest BCUT2D eigenvalue weighted by Crippen LogP contribution is 2.31. The number of hydrogen-bond acceptors (Lipinski definition) is 2. The van der Waals surface area contributed by atoms with Crippen LogP contribution in [0.3, 0.4) is 0 Å². The van der Waals surface area contributed by atoms with Gasteiger partial charge in [0.25, 0.3) is 0 Å². The fourth-order valence-electron chi connectivity index (χ4n) is 2.39. The van der Waals surface area contributed by atoms with Crippen molar-refractivity contribution in [1.29, 1.82) is 0 Å². The van der Waals surface area contributed by atoms with E-state index in [9.17, 15) is 0 Å². The minimum atomic E-state index is 0.472. The number of thiazole rings is 1. The Morgan fingerprint density at radius 2 is 2.00 bits per heavy atom. The molecule has 3 heteroatoms. The number of nitrogens with zero attached hydrogens (tertiary/aromatic N) is 2. The van der Waals surface area contributed by atoms with Gasteiger partial charge in [-0.05, 0) is 30.2 Å². The molecule has 88 valence electrons. The van der Waals surface area contributed by atoms with Gasteiger partial charge in [-0.2, -0.15) is 0 Å². The van der Waals surface area contributed by atoms with Gasteiger partial charge in [-0.25, -0.2) is 4.98 Å². The lowest BCUT2D eigenvalue weighted by molar-refractivity contribution is 0.953. The number of aromatic nitrogens is 2. The molecule has 4 rings (SSSR count). The first-order valence-corrected chi connectivity index (χ1v) is 6.91. The predicted molar refractivity (Wildman–Crippen MR) is 77.8 cm³/mol. The molecule has 0 radical (unpaired) electrons. The van der Waals surface area contributed by atoms with Gasteiger partial charge in [0.1, 0.15) is 0 Å². The highest BCUT2D eigenvalue weighted by atomic mass is 32.1. The topological polar surface area (TPSA) is 17.3 Å². The summed E-state index contributed by atoms with van der Waals surface area (Å²) in [4.78, 5) is 5.80. The summed E-state index contributed by atoms with van der Waals surface area (Å²) in [6.07, 6.45) is 8.75. The largest absolute Gasteiger partial charge is 0.283 e. The molecule has 0 saturated heterocycles. The molecule has 1 atom stereocenters. The maximum Gasteiger partial charge on any atom is 0.195 e. The molecule has 0 saturated carbocycles. The number of allylic oxidation sites excluding steroid dienone is 2. The van der Waals surface area contributed by atoms with Crippen molar-refractivity contribution in [2.75, 3.05) is 0 Å². The van der Waals surface area contributed by atoms with E-state index in [2.05, 4.69) is 59.9 Å². The Morgan fingerprint density at radius 1 is 1.17 bits per heavy atom. The van der Waals surface area contributed by atoms with E-state index in [0.717, 1.165) is 10.7 Å². The molecule has 2 aromatic heterocycles. The zero-order valence-electron chi connectivity index (χ0n) is 10.00. The van der Waals surface area contributed by atoms with Crippen LogP contribution < -0.4 is 0 Å². The van der Waals surface area contributed by atoms with Crippen LogP contribution in [0.2, 0.25) is 0 Å². The van der Waals surface area contributed by atoms with Gasteiger partial charge in [-0.15, -0.1) is 0 Å². The summed E-state index contributed by atoms with van der Waals surface area (Å²) in [5, 5.41) is 0. The Hall–Kier alpha value is -1.87. The van der Waals surface area contributed by atoms with Gasteiger partial charge in [-0.3, -0.25) is 4.40 Å². The fraction of sp³-hybridized carbons (Fsp3) is 0.133. The second-order valence-electron chi connectivity index (χ2n) is 4.65. The summed E-state index contributed by atoms with van der Waals surface area (Å²) >= 11 is 1.75. The molecule has 1 unspecified atom stereocenters. The molecule has 0 bridgehead atoms. The van der Waals surface area contributed by atoms with Crippen LogP contribution in [0.5, 0.6) is 0 Å². The molecule has 2 nitrogen and oxygen atoms in total. The highest BCUT2D eigenvalue weighted by Gasteiger charge is 2.14. The van der Waals surface area contributed by atoms with E-state index >= 15 is 0 Å². The molecule has 0 amide bonds. The molecule has 0 N–H and O–H groups in total. The monoisotopic (exact) mass is 252 g/mol.